The summed E-state index contributed by atoms with van der Waals surface area (Å²) in [7, 11) is 1.90. The van der Waals surface area contributed by atoms with Crippen molar-refractivity contribution in [3.63, 3.8) is 0 Å². The van der Waals surface area contributed by atoms with Crippen LogP contribution in [-0.4, -0.2) is 24.4 Å². The van der Waals surface area contributed by atoms with Crippen LogP contribution in [0.15, 0.2) is 23.3 Å². The molecule has 0 radical (unpaired) electrons. The number of unbranched alkanes of at least 4 members (excludes halogenated alkanes) is 1. The lowest BCUT2D eigenvalue weighted by Gasteiger charge is -2.22. The SMILES string of the molecule is CCC(CCCC=C(C)C)CN(C)C(=O)C=C(C)C. The molecule has 0 aromatic heterocycles. The number of hydrogen-bond acceptors (Lipinski definition) is 1. The van der Waals surface area contributed by atoms with Crippen molar-refractivity contribution in [2.45, 2.75) is 60.3 Å². The Bertz CT molecular complexity index is 320. The molecule has 0 aromatic carbocycles. The Morgan fingerprint density at radius 2 is 1.79 bits per heavy atom. The van der Waals surface area contributed by atoms with Gasteiger partial charge in [0.05, 0.1) is 0 Å². The summed E-state index contributed by atoms with van der Waals surface area (Å²) in [5.41, 5.74) is 2.46. The van der Waals surface area contributed by atoms with Crippen LogP contribution >= 0.6 is 0 Å². The average Bonchev–Trinajstić information content (AvgIpc) is 2.31. The summed E-state index contributed by atoms with van der Waals surface area (Å²) in [5.74, 6) is 0.743. The highest BCUT2D eigenvalue weighted by molar-refractivity contribution is 5.87. The Morgan fingerprint density at radius 1 is 1.16 bits per heavy atom. The molecule has 0 bridgehead atoms. The van der Waals surface area contributed by atoms with Crippen LogP contribution in [0.4, 0.5) is 0 Å². The van der Waals surface area contributed by atoms with E-state index in [0.717, 1.165) is 25.0 Å². The standard InChI is InChI=1S/C17H31NO/c1-7-16(11-9-8-10-14(2)3)13-18(6)17(19)12-15(4)5/h10,12,16H,7-9,11,13H2,1-6H3. The third-order valence-electron chi connectivity index (χ3n) is 3.27. The van der Waals surface area contributed by atoms with Gasteiger partial charge in [0.25, 0.3) is 0 Å². The van der Waals surface area contributed by atoms with Crippen LogP contribution < -0.4 is 0 Å². The quantitative estimate of drug-likeness (QED) is 0.357. The highest BCUT2D eigenvalue weighted by Crippen LogP contribution is 2.15. The van der Waals surface area contributed by atoms with Crippen molar-refractivity contribution in [3.05, 3.63) is 23.3 Å². The van der Waals surface area contributed by atoms with Crippen molar-refractivity contribution in [2.24, 2.45) is 5.92 Å². The fraction of sp³-hybridized carbons (Fsp3) is 0.706. The molecule has 2 nitrogen and oxygen atoms in total. The van der Waals surface area contributed by atoms with E-state index in [4.69, 9.17) is 0 Å². The largest absolute Gasteiger partial charge is 0.342 e. The third-order valence-corrected chi connectivity index (χ3v) is 3.27. The van der Waals surface area contributed by atoms with Gasteiger partial charge in [-0.15, -0.1) is 0 Å². The lowest BCUT2D eigenvalue weighted by molar-refractivity contribution is -0.125. The van der Waals surface area contributed by atoms with Gasteiger partial charge in [-0.1, -0.05) is 30.6 Å². The zero-order valence-corrected chi connectivity index (χ0v) is 13.6. The van der Waals surface area contributed by atoms with Gasteiger partial charge in [0, 0.05) is 19.7 Å². The van der Waals surface area contributed by atoms with Crippen molar-refractivity contribution >= 4 is 5.91 Å². The number of hydrogen-bond donors (Lipinski definition) is 0. The van der Waals surface area contributed by atoms with Gasteiger partial charge in [-0.3, -0.25) is 4.79 Å². The topological polar surface area (TPSA) is 20.3 Å². The van der Waals surface area contributed by atoms with E-state index in [1.165, 1.54) is 18.4 Å². The molecule has 1 atom stereocenters. The van der Waals surface area contributed by atoms with Crippen LogP contribution in [0.3, 0.4) is 0 Å². The first-order valence-corrected chi connectivity index (χ1v) is 7.40. The van der Waals surface area contributed by atoms with Crippen LogP contribution in [0.2, 0.25) is 0 Å². The molecule has 0 aliphatic carbocycles. The lowest BCUT2D eigenvalue weighted by atomic mass is 9.98. The molecule has 0 aliphatic heterocycles. The van der Waals surface area contributed by atoms with Gasteiger partial charge in [0.15, 0.2) is 0 Å². The minimum atomic E-state index is 0.128. The van der Waals surface area contributed by atoms with Crippen LogP contribution in [0, 0.1) is 5.92 Å². The van der Waals surface area contributed by atoms with Gasteiger partial charge in [0.1, 0.15) is 0 Å². The molecule has 0 N–H and O–H groups in total. The lowest BCUT2D eigenvalue weighted by Crippen LogP contribution is -2.30. The Labute approximate surface area is 119 Å². The number of allylic oxidation sites excluding steroid dienone is 3. The van der Waals surface area contributed by atoms with Crippen LogP contribution in [-0.2, 0) is 4.79 Å². The summed E-state index contributed by atoms with van der Waals surface area (Å²) in [6, 6.07) is 0. The van der Waals surface area contributed by atoms with Crippen molar-refractivity contribution in [2.75, 3.05) is 13.6 Å². The van der Waals surface area contributed by atoms with E-state index in [0.29, 0.717) is 5.92 Å². The summed E-state index contributed by atoms with van der Waals surface area (Å²) in [4.78, 5) is 13.7. The Balaban J connectivity index is 4.14. The van der Waals surface area contributed by atoms with Gasteiger partial charge in [-0.25, -0.2) is 0 Å². The van der Waals surface area contributed by atoms with Crippen molar-refractivity contribution < 1.29 is 4.79 Å². The molecule has 0 fully saturated rings. The van der Waals surface area contributed by atoms with Crippen molar-refractivity contribution in [1.82, 2.24) is 4.90 Å². The molecular weight excluding hydrogens is 234 g/mol. The smallest absolute Gasteiger partial charge is 0.246 e. The van der Waals surface area contributed by atoms with E-state index in [1.807, 2.05) is 25.8 Å². The highest BCUT2D eigenvalue weighted by Gasteiger charge is 2.12. The van der Waals surface area contributed by atoms with Gasteiger partial charge >= 0.3 is 0 Å². The molecule has 0 aliphatic rings. The zero-order chi connectivity index (χ0) is 14.8. The van der Waals surface area contributed by atoms with Crippen molar-refractivity contribution in [1.29, 1.82) is 0 Å². The summed E-state index contributed by atoms with van der Waals surface area (Å²) in [6.07, 6.45) is 8.73. The predicted molar refractivity (Wildman–Crippen MR) is 84.1 cm³/mol. The molecule has 1 unspecified atom stereocenters. The highest BCUT2D eigenvalue weighted by atomic mass is 16.2. The number of carbonyl (C=O) groups is 1. The third kappa shape index (κ3) is 9.52. The number of nitrogens with zero attached hydrogens (tertiary/aromatic N) is 1. The normalized spacial score (nSPS) is 11.7. The Morgan fingerprint density at radius 3 is 2.26 bits per heavy atom. The minimum absolute atomic E-state index is 0.128. The fourth-order valence-electron chi connectivity index (χ4n) is 2.06. The molecule has 0 rings (SSSR count). The van der Waals surface area contributed by atoms with Gasteiger partial charge in [-0.05, 0) is 52.9 Å². The molecule has 2 heteroatoms. The number of rotatable bonds is 8. The van der Waals surface area contributed by atoms with E-state index in [-0.39, 0.29) is 5.91 Å². The monoisotopic (exact) mass is 265 g/mol. The maximum Gasteiger partial charge on any atom is 0.246 e. The average molecular weight is 265 g/mol. The van der Waals surface area contributed by atoms with Crippen LogP contribution in [0.1, 0.15) is 60.3 Å². The second kappa shape index (κ2) is 9.82. The molecule has 0 spiro atoms. The van der Waals surface area contributed by atoms with Gasteiger partial charge in [0.2, 0.25) is 5.91 Å². The number of carbonyl (C=O) groups excluding carboxylic acids is 1. The van der Waals surface area contributed by atoms with E-state index >= 15 is 0 Å². The number of likely N-dealkylation sites (N-methyl/N-ethyl adjacent to an activating group) is 1. The van der Waals surface area contributed by atoms with Crippen molar-refractivity contribution in [3.8, 4) is 0 Å². The predicted octanol–water partition coefficient (Wildman–Crippen LogP) is 4.57. The van der Waals surface area contributed by atoms with E-state index in [2.05, 4.69) is 26.8 Å². The van der Waals surface area contributed by atoms with Gasteiger partial charge < -0.3 is 4.90 Å². The van der Waals surface area contributed by atoms with Crippen LogP contribution in [0.25, 0.3) is 0 Å². The molecule has 0 saturated carbocycles. The summed E-state index contributed by atoms with van der Waals surface area (Å²) in [6.45, 7) is 11.3. The first kappa shape index (κ1) is 17.9. The maximum absolute atomic E-state index is 11.9. The zero-order valence-electron chi connectivity index (χ0n) is 13.6. The summed E-state index contributed by atoms with van der Waals surface area (Å²) < 4.78 is 0. The molecule has 0 heterocycles. The van der Waals surface area contributed by atoms with Crippen LogP contribution in [0.5, 0.6) is 0 Å². The summed E-state index contributed by atoms with van der Waals surface area (Å²) >= 11 is 0. The van der Waals surface area contributed by atoms with E-state index in [1.54, 1.807) is 6.08 Å². The minimum Gasteiger partial charge on any atom is -0.342 e. The van der Waals surface area contributed by atoms with E-state index in [9.17, 15) is 4.79 Å². The molecule has 1 amide bonds. The number of amides is 1. The molecular formula is C17H31NO. The molecule has 0 saturated heterocycles. The maximum atomic E-state index is 11.9. The second-order valence-corrected chi connectivity index (χ2v) is 5.93. The summed E-state index contributed by atoms with van der Waals surface area (Å²) in [5, 5.41) is 0. The molecule has 110 valence electrons. The first-order chi connectivity index (χ1) is 8.86. The second-order valence-electron chi connectivity index (χ2n) is 5.93. The van der Waals surface area contributed by atoms with Gasteiger partial charge in [-0.2, -0.15) is 0 Å². The molecule has 19 heavy (non-hydrogen) atoms. The molecule has 0 aromatic rings. The Hall–Kier alpha value is -1.05. The Kier molecular flexibility index (Phi) is 9.28. The van der Waals surface area contributed by atoms with E-state index < -0.39 is 0 Å². The fourth-order valence-corrected chi connectivity index (χ4v) is 2.06. The first-order valence-electron chi connectivity index (χ1n) is 7.40.